The molecule has 80 valence electrons. The van der Waals surface area contributed by atoms with Crippen LogP contribution in [-0.2, 0) is 4.74 Å². The average Bonchev–Trinajstić information content (AvgIpc) is 2.61. The second kappa shape index (κ2) is 4.00. The Morgan fingerprint density at radius 3 is 2.40 bits per heavy atom. The normalized spacial score (nSPS) is 9.67. The number of nitro groups is 2. The van der Waals surface area contributed by atoms with Gasteiger partial charge in [-0.05, 0) is 11.3 Å². The number of methoxy groups -OCH3 is 1. The fourth-order valence-electron chi connectivity index (χ4n) is 0.833. The van der Waals surface area contributed by atoms with Crippen molar-refractivity contribution in [3.8, 4) is 0 Å². The first kappa shape index (κ1) is 11.0. The van der Waals surface area contributed by atoms with Crippen molar-refractivity contribution in [2.24, 2.45) is 0 Å². The van der Waals surface area contributed by atoms with E-state index < -0.39 is 26.5 Å². The lowest BCUT2D eigenvalue weighted by Gasteiger charge is -1.92. The molecule has 0 aliphatic rings. The van der Waals surface area contributed by atoms with Gasteiger partial charge in [-0.2, -0.15) is 0 Å². The summed E-state index contributed by atoms with van der Waals surface area (Å²) in [5.74, 6) is -0.959. The highest BCUT2D eigenvalue weighted by Gasteiger charge is 2.29. The van der Waals surface area contributed by atoms with Crippen LogP contribution in [0.3, 0.4) is 0 Å². The largest absolute Gasteiger partial charge is 0.465 e. The van der Waals surface area contributed by atoms with E-state index in [0.29, 0.717) is 11.3 Å². The van der Waals surface area contributed by atoms with Crippen LogP contribution in [0.2, 0.25) is 0 Å². The fraction of sp³-hybridized carbons (Fsp3) is 0.167. The van der Waals surface area contributed by atoms with Gasteiger partial charge in [0, 0.05) is 0 Å². The molecule has 0 amide bonds. The second-order valence-electron chi connectivity index (χ2n) is 2.30. The van der Waals surface area contributed by atoms with Crippen LogP contribution in [0.1, 0.15) is 9.67 Å². The van der Waals surface area contributed by atoms with Gasteiger partial charge in [0.1, 0.15) is 6.07 Å². The van der Waals surface area contributed by atoms with Crippen LogP contribution in [-0.4, -0.2) is 22.9 Å². The lowest BCUT2D eigenvalue weighted by atomic mass is 10.4. The van der Waals surface area contributed by atoms with E-state index in [2.05, 4.69) is 4.74 Å². The number of thiophene rings is 1. The van der Waals surface area contributed by atoms with Gasteiger partial charge in [0.25, 0.3) is 0 Å². The van der Waals surface area contributed by atoms with Gasteiger partial charge in [-0.15, -0.1) is 0 Å². The molecule has 0 atom stereocenters. The summed E-state index contributed by atoms with van der Waals surface area (Å²) in [7, 11) is 1.04. The number of carbonyl (C=O) groups is 1. The fourth-order valence-corrected chi connectivity index (χ4v) is 1.69. The van der Waals surface area contributed by atoms with E-state index in [0.717, 1.165) is 13.2 Å². The number of nitrogens with zero attached hydrogens (tertiary/aromatic N) is 2. The summed E-state index contributed by atoms with van der Waals surface area (Å²) in [6, 6.07) is 0.733. The minimum absolute atomic E-state index is 0.380. The maximum atomic E-state index is 11.0. The van der Waals surface area contributed by atoms with Crippen LogP contribution in [0.15, 0.2) is 6.07 Å². The molecular formula is C6H4N2O6S. The first-order chi connectivity index (χ1) is 6.97. The molecule has 0 spiro atoms. The molecule has 1 heterocycles. The lowest BCUT2D eigenvalue weighted by Crippen LogP contribution is -2.01. The van der Waals surface area contributed by atoms with Crippen LogP contribution in [0.4, 0.5) is 10.7 Å². The van der Waals surface area contributed by atoms with Gasteiger partial charge in [0.05, 0.1) is 17.0 Å². The molecule has 0 bridgehead atoms. The van der Waals surface area contributed by atoms with Gasteiger partial charge in [0.2, 0.25) is 0 Å². The predicted octanol–water partition coefficient (Wildman–Crippen LogP) is 1.35. The number of carbonyl (C=O) groups excluding carboxylic acids is 1. The molecule has 1 aromatic rings. The molecule has 0 aliphatic heterocycles. The third-order valence-corrected chi connectivity index (χ3v) is 2.50. The van der Waals surface area contributed by atoms with E-state index in [4.69, 9.17) is 0 Å². The van der Waals surface area contributed by atoms with Crippen LogP contribution >= 0.6 is 11.3 Å². The van der Waals surface area contributed by atoms with Crippen molar-refractivity contribution in [1.82, 2.24) is 0 Å². The van der Waals surface area contributed by atoms with Crippen LogP contribution in [0.25, 0.3) is 0 Å². The van der Waals surface area contributed by atoms with Gasteiger partial charge >= 0.3 is 16.7 Å². The van der Waals surface area contributed by atoms with Crippen LogP contribution < -0.4 is 0 Å². The van der Waals surface area contributed by atoms with Crippen molar-refractivity contribution < 1.29 is 19.4 Å². The van der Waals surface area contributed by atoms with Crippen molar-refractivity contribution >= 4 is 28.0 Å². The van der Waals surface area contributed by atoms with E-state index in [-0.39, 0.29) is 4.88 Å². The molecule has 15 heavy (non-hydrogen) atoms. The Morgan fingerprint density at radius 1 is 1.40 bits per heavy atom. The van der Waals surface area contributed by atoms with Crippen molar-refractivity contribution in [3.63, 3.8) is 0 Å². The van der Waals surface area contributed by atoms with Crippen LogP contribution in [0.5, 0.6) is 0 Å². The summed E-state index contributed by atoms with van der Waals surface area (Å²) in [5, 5.41) is 20.3. The minimum Gasteiger partial charge on any atom is -0.465 e. The molecule has 1 aromatic heterocycles. The van der Waals surface area contributed by atoms with Gasteiger partial charge in [-0.1, -0.05) is 0 Å². The number of ether oxygens (including phenoxy) is 1. The number of esters is 1. The summed E-state index contributed by atoms with van der Waals surface area (Å²) in [6.45, 7) is 0. The Kier molecular flexibility index (Phi) is 2.95. The first-order valence-corrected chi connectivity index (χ1v) is 4.30. The minimum atomic E-state index is -0.959. The Labute approximate surface area is 86.4 Å². The Morgan fingerprint density at radius 2 is 2.00 bits per heavy atom. The lowest BCUT2D eigenvalue weighted by molar-refractivity contribution is -0.390. The van der Waals surface area contributed by atoms with E-state index in [1.807, 2.05) is 0 Å². The molecule has 0 unspecified atom stereocenters. The molecular weight excluding hydrogens is 228 g/mol. The monoisotopic (exact) mass is 232 g/mol. The highest BCUT2D eigenvalue weighted by Crippen LogP contribution is 2.34. The zero-order valence-electron chi connectivity index (χ0n) is 7.33. The molecule has 0 aliphatic carbocycles. The quantitative estimate of drug-likeness (QED) is 0.441. The standard InChI is InChI=1S/C6H4N2O6S/c1-14-6(9)5-3(7(10)11)2-4(15-5)8(12)13/h2H,1H3. The molecule has 0 saturated carbocycles. The Bertz CT molecular complexity index is 439. The zero-order valence-corrected chi connectivity index (χ0v) is 8.15. The molecule has 8 nitrogen and oxygen atoms in total. The highest BCUT2D eigenvalue weighted by molar-refractivity contribution is 7.17. The topological polar surface area (TPSA) is 113 Å². The SMILES string of the molecule is COC(=O)c1sc([N+](=O)[O-])cc1[N+](=O)[O-]. The van der Waals surface area contributed by atoms with Gasteiger partial charge in [-0.25, -0.2) is 4.79 Å². The van der Waals surface area contributed by atoms with Crippen LogP contribution in [0, 0.1) is 20.2 Å². The Balaban J connectivity index is 3.29. The maximum Gasteiger partial charge on any atom is 0.355 e. The summed E-state index contributed by atoms with van der Waals surface area (Å²) in [6.07, 6.45) is 0. The second-order valence-corrected chi connectivity index (χ2v) is 3.34. The third-order valence-electron chi connectivity index (χ3n) is 1.45. The summed E-state index contributed by atoms with van der Waals surface area (Å²) in [5.41, 5.74) is -0.612. The molecule has 0 N–H and O–H groups in total. The summed E-state index contributed by atoms with van der Waals surface area (Å²) < 4.78 is 4.26. The molecule has 0 aromatic carbocycles. The summed E-state index contributed by atoms with van der Waals surface area (Å²) >= 11 is 0.413. The van der Waals surface area contributed by atoms with E-state index in [9.17, 15) is 25.0 Å². The third kappa shape index (κ3) is 2.07. The van der Waals surface area contributed by atoms with E-state index in [1.165, 1.54) is 0 Å². The van der Waals surface area contributed by atoms with Gasteiger partial charge in [0.15, 0.2) is 4.88 Å². The molecule has 0 saturated heterocycles. The maximum absolute atomic E-state index is 11.0. The van der Waals surface area contributed by atoms with Crippen molar-refractivity contribution in [2.75, 3.05) is 7.11 Å². The smallest absolute Gasteiger partial charge is 0.355 e. The van der Waals surface area contributed by atoms with Crippen molar-refractivity contribution in [2.45, 2.75) is 0 Å². The van der Waals surface area contributed by atoms with E-state index in [1.54, 1.807) is 0 Å². The number of hydrogen-bond donors (Lipinski definition) is 0. The number of hydrogen-bond acceptors (Lipinski definition) is 7. The highest BCUT2D eigenvalue weighted by atomic mass is 32.1. The zero-order chi connectivity index (χ0) is 11.6. The predicted molar refractivity (Wildman–Crippen MR) is 49.0 cm³/mol. The van der Waals surface area contributed by atoms with Crippen molar-refractivity contribution in [1.29, 1.82) is 0 Å². The van der Waals surface area contributed by atoms with E-state index >= 15 is 0 Å². The van der Waals surface area contributed by atoms with Crippen molar-refractivity contribution in [3.05, 3.63) is 31.2 Å². The molecule has 0 radical (unpaired) electrons. The number of rotatable bonds is 3. The average molecular weight is 232 g/mol. The summed E-state index contributed by atoms with van der Waals surface area (Å²) in [4.78, 5) is 29.8. The van der Waals surface area contributed by atoms with Gasteiger partial charge in [-0.3, -0.25) is 20.2 Å². The molecule has 0 fully saturated rings. The van der Waals surface area contributed by atoms with Gasteiger partial charge < -0.3 is 4.74 Å². The molecule has 1 rings (SSSR count). The molecule has 9 heteroatoms. The first-order valence-electron chi connectivity index (χ1n) is 3.48. The Hall–Kier alpha value is -2.03.